The predicted molar refractivity (Wildman–Crippen MR) is 81.5 cm³/mol. The van der Waals surface area contributed by atoms with Gasteiger partial charge in [-0.1, -0.05) is 0 Å². The Bertz CT molecular complexity index is 928. The Morgan fingerprint density at radius 1 is 1.19 bits per heavy atom. The molecule has 0 amide bonds. The second-order valence-electron chi connectivity index (χ2n) is 4.89. The second kappa shape index (κ2) is 4.56. The molecule has 21 heavy (non-hydrogen) atoms. The fourth-order valence-corrected chi connectivity index (χ4v) is 2.85. The first-order chi connectivity index (χ1) is 9.86. The fourth-order valence-electron chi connectivity index (χ4n) is 2.21. The van der Waals surface area contributed by atoms with E-state index in [0.717, 1.165) is 11.1 Å². The lowest BCUT2D eigenvalue weighted by atomic mass is 10.2. The highest BCUT2D eigenvalue weighted by atomic mass is 32.2. The van der Waals surface area contributed by atoms with E-state index in [1.54, 1.807) is 30.5 Å². The van der Waals surface area contributed by atoms with Crippen molar-refractivity contribution in [2.24, 2.45) is 7.05 Å². The molecule has 0 atom stereocenters. The number of imidazole rings is 1. The number of pyridine rings is 1. The number of aryl methyl sites for hydroxylation is 1. The van der Waals surface area contributed by atoms with E-state index < -0.39 is 9.84 Å². The van der Waals surface area contributed by atoms with Crippen LogP contribution >= 0.6 is 0 Å². The number of benzene rings is 1. The molecule has 0 aliphatic heterocycles. The third-order valence-electron chi connectivity index (χ3n) is 3.33. The summed E-state index contributed by atoms with van der Waals surface area (Å²) in [6.45, 7) is 0. The molecule has 0 saturated heterocycles. The van der Waals surface area contributed by atoms with Gasteiger partial charge in [-0.05, 0) is 30.3 Å². The van der Waals surface area contributed by atoms with Crippen molar-refractivity contribution < 1.29 is 8.42 Å². The van der Waals surface area contributed by atoms with Crippen LogP contribution in [0.4, 0.5) is 5.82 Å². The zero-order valence-corrected chi connectivity index (χ0v) is 12.4. The minimum atomic E-state index is -3.25. The maximum Gasteiger partial charge on any atom is 0.175 e. The van der Waals surface area contributed by atoms with Gasteiger partial charge in [0.15, 0.2) is 9.84 Å². The molecule has 0 fully saturated rings. The Balaban J connectivity index is 2.22. The van der Waals surface area contributed by atoms with E-state index in [1.165, 1.54) is 6.26 Å². The van der Waals surface area contributed by atoms with E-state index in [1.807, 2.05) is 17.7 Å². The highest BCUT2D eigenvalue weighted by Crippen LogP contribution is 2.25. The van der Waals surface area contributed by atoms with Gasteiger partial charge in [0.1, 0.15) is 11.6 Å². The maximum atomic E-state index is 11.6. The number of nitrogens with zero attached hydrogens (tertiary/aromatic N) is 3. The summed E-state index contributed by atoms with van der Waals surface area (Å²) in [4.78, 5) is 8.82. The van der Waals surface area contributed by atoms with E-state index >= 15 is 0 Å². The number of hydrogen-bond donors (Lipinski definition) is 1. The quantitative estimate of drug-likeness (QED) is 0.776. The minimum absolute atomic E-state index is 0.259. The van der Waals surface area contributed by atoms with Gasteiger partial charge >= 0.3 is 0 Å². The molecule has 108 valence electrons. The zero-order chi connectivity index (χ0) is 15.2. The van der Waals surface area contributed by atoms with Gasteiger partial charge in [-0.25, -0.2) is 18.4 Å². The summed E-state index contributed by atoms with van der Waals surface area (Å²) >= 11 is 0. The Morgan fingerprint density at radius 3 is 2.57 bits per heavy atom. The van der Waals surface area contributed by atoms with Crippen LogP contribution in [0.5, 0.6) is 0 Å². The van der Waals surface area contributed by atoms with Gasteiger partial charge in [-0.15, -0.1) is 0 Å². The number of nitrogens with two attached hydrogens (primary N) is 1. The average Bonchev–Trinajstić information content (AvgIpc) is 2.76. The van der Waals surface area contributed by atoms with Crippen LogP contribution in [0, 0.1) is 0 Å². The van der Waals surface area contributed by atoms with Gasteiger partial charge < -0.3 is 10.3 Å². The predicted octanol–water partition coefficient (Wildman–Crippen LogP) is 1.62. The van der Waals surface area contributed by atoms with Gasteiger partial charge in [-0.3, -0.25) is 0 Å². The molecule has 0 radical (unpaired) electrons. The van der Waals surface area contributed by atoms with E-state index in [9.17, 15) is 8.42 Å². The number of rotatable bonds is 2. The second-order valence-corrected chi connectivity index (χ2v) is 6.90. The Kier molecular flexibility index (Phi) is 2.94. The Morgan fingerprint density at radius 2 is 1.95 bits per heavy atom. The number of hydrogen-bond acceptors (Lipinski definition) is 5. The van der Waals surface area contributed by atoms with Crippen molar-refractivity contribution >= 4 is 26.7 Å². The van der Waals surface area contributed by atoms with Crippen molar-refractivity contribution in [2.45, 2.75) is 4.90 Å². The number of sulfone groups is 1. The fraction of sp³-hybridized carbons (Fsp3) is 0.143. The van der Waals surface area contributed by atoms with Crippen molar-refractivity contribution in [3.8, 4) is 11.4 Å². The van der Waals surface area contributed by atoms with Gasteiger partial charge in [0.05, 0.1) is 15.9 Å². The van der Waals surface area contributed by atoms with Crippen LogP contribution in [0.2, 0.25) is 0 Å². The number of anilines is 1. The maximum absolute atomic E-state index is 11.6. The lowest BCUT2D eigenvalue weighted by Crippen LogP contribution is -1.97. The molecule has 1 aromatic carbocycles. The SMILES string of the molecule is Cn1c(-c2ccc(N)nc2)nc2cc(S(C)(=O)=O)ccc21. The Labute approximate surface area is 122 Å². The molecule has 7 heteroatoms. The molecule has 3 aromatic rings. The molecule has 3 rings (SSSR count). The molecule has 6 nitrogen and oxygen atoms in total. The van der Waals surface area contributed by atoms with Crippen LogP contribution in [0.25, 0.3) is 22.4 Å². The number of aromatic nitrogens is 3. The molecule has 0 saturated carbocycles. The third kappa shape index (κ3) is 2.36. The summed E-state index contributed by atoms with van der Waals surface area (Å²) in [6.07, 6.45) is 2.83. The van der Waals surface area contributed by atoms with Gasteiger partial charge in [0.2, 0.25) is 0 Å². The van der Waals surface area contributed by atoms with Crippen molar-refractivity contribution in [1.29, 1.82) is 0 Å². The first-order valence-corrected chi connectivity index (χ1v) is 8.14. The summed E-state index contributed by atoms with van der Waals surface area (Å²) < 4.78 is 25.1. The monoisotopic (exact) mass is 302 g/mol. The molecule has 0 spiro atoms. The van der Waals surface area contributed by atoms with Crippen molar-refractivity contribution in [3.05, 3.63) is 36.5 Å². The van der Waals surface area contributed by atoms with E-state index in [-0.39, 0.29) is 4.90 Å². The number of nitrogen functional groups attached to an aromatic ring is 1. The summed E-state index contributed by atoms with van der Waals surface area (Å²) in [7, 11) is -1.37. The zero-order valence-electron chi connectivity index (χ0n) is 11.6. The van der Waals surface area contributed by atoms with Gasteiger partial charge in [0, 0.05) is 25.1 Å². The molecule has 2 N–H and O–H groups in total. The van der Waals surface area contributed by atoms with E-state index in [2.05, 4.69) is 9.97 Å². The normalized spacial score (nSPS) is 11.9. The van der Waals surface area contributed by atoms with Crippen LogP contribution in [0.15, 0.2) is 41.4 Å². The standard InChI is InChI=1S/C14H14N4O2S/c1-18-12-5-4-10(21(2,19)20)7-11(12)17-14(18)9-3-6-13(15)16-8-9/h3-8H,1-2H3,(H2,15,16). The molecule has 0 bridgehead atoms. The molecule has 2 heterocycles. The number of fused-ring (bicyclic) bond motifs is 1. The first-order valence-electron chi connectivity index (χ1n) is 6.25. The van der Waals surface area contributed by atoms with E-state index in [4.69, 9.17) is 5.73 Å². The molecular weight excluding hydrogens is 288 g/mol. The molecule has 0 aliphatic carbocycles. The lowest BCUT2D eigenvalue weighted by Gasteiger charge is -2.02. The average molecular weight is 302 g/mol. The van der Waals surface area contributed by atoms with Gasteiger partial charge in [-0.2, -0.15) is 0 Å². The summed E-state index contributed by atoms with van der Waals surface area (Å²) in [5, 5.41) is 0. The van der Waals surface area contributed by atoms with Crippen molar-refractivity contribution in [1.82, 2.24) is 14.5 Å². The minimum Gasteiger partial charge on any atom is -0.384 e. The lowest BCUT2D eigenvalue weighted by molar-refractivity contribution is 0.602. The molecule has 2 aromatic heterocycles. The molecule has 0 unspecified atom stereocenters. The highest BCUT2D eigenvalue weighted by Gasteiger charge is 2.13. The largest absolute Gasteiger partial charge is 0.384 e. The summed E-state index contributed by atoms with van der Waals surface area (Å²) in [6, 6.07) is 8.47. The van der Waals surface area contributed by atoms with Gasteiger partial charge in [0.25, 0.3) is 0 Å². The van der Waals surface area contributed by atoms with Crippen LogP contribution in [0.1, 0.15) is 0 Å². The smallest absolute Gasteiger partial charge is 0.175 e. The summed E-state index contributed by atoms with van der Waals surface area (Å²) in [5.74, 6) is 1.15. The Hall–Kier alpha value is -2.41. The van der Waals surface area contributed by atoms with E-state index in [0.29, 0.717) is 17.2 Å². The first kappa shape index (κ1) is 13.6. The van der Waals surface area contributed by atoms with Crippen LogP contribution in [-0.2, 0) is 16.9 Å². The highest BCUT2D eigenvalue weighted by molar-refractivity contribution is 7.90. The van der Waals surface area contributed by atoms with Crippen LogP contribution < -0.4 is 5.73 Å². The third-order valence-corrected chi connectivity index (χ3v) is 4.44. The molecular formula is C14H14N4O2S. The topological polar surface area (TPSA) is 90.9 Å². The van der Waals surface area contributed by atoms with Crippen LogP contribution in [0.3, 0.4) is 0 Å². The summed E-state index contributed by atoms with van der Waals surface area (Å²) in [5.41, 5.74) is 7.89. The molecule has 0 aliphatic rings. The van der Waals surface area contributed by atoms with Crippen LogP contribution in [-0.4, -0.2) is 29.2 Å². The van der Waals surface area contributed by atoms with Crippen molar-refractivity contribution in [2.75, 3.05) is 12.0 Å². The van der Waals surface area contributed by atoms with Crippen molar-refractivity contribution in [3.63, 3.8) is 0 Å².